The van der Waals surface area contributed by atoms with Crippen LogP contribution in [0.3, 0.4) is 0 Å². The second kappa shape index (κ2) is 7.03. The molecule has 3 fully saturated rings. The van der Waals surface area contributed by atoms with Gasteiger partial charge < -0.3 is 10.0 Å². The molecule has 0 amide bonds. The topological polar surface area (TPSA) is 57.6 Å². The summed E-state index contributed by atoms with van der Waals surface area (Å²) in [5, 5.41) is 11.9. The van der Waals surface area contributed by atoms with Crippen molar-refractivity contribution in [2.24, 2.45) is 28.6 Å². The number of anilines is 1. The van der Waals surface area contributed by atoms with E-state index in [1.807, 2.05) is 27.1 Å². The Kier molecular flexibility index (Phi) is 4.75. The highest BCUT2D eigenvalue weighted by atomic mass is 16.3. The molecule has 31 heavy (non-hydrogen) atoms. The Morgan fingerprint density at radius 3 is 2.39 bits per heavy atom. The highest BCUT2D eigenvalue weighted by molar-refractivity contribution is 5.92. The maximum Gasteiger partial charge on any atom is 0.155 e. The summed E-state index contributed by atoms with van der Waals surface area (Å²) in [6.07, 6.45) is 6.12. The van der Waals surface area contributed by atoms with Gasteiger partial charge in [-0.3, -0.25) is 9.59 Å². The molecule has 7 atom stereocenters. The van der Waals surface area contributed by atoms with E-state index in [0.717, 1.165) is 36.9 Å². The van der Waals surface area contributed by atoms with Crippen molar-refractivity contribution in [3.63, 3.8) is 0 Å². The molecular weight excluding hydrogens is 386 g/mol. The first kappa shape index (κ1) is 20.9. The van der Waals surface area contributed by atoms with E-state index >= 15 is 0 Å². The quantitative estimate of drug-likeness (QED) is 0.763. The van der Waals surface area contributed by atoms with E-state index in [1.54, 1.807) is 0 Å². The average molecular weight is 422 g/mol. The molecule has 1 aromatic rings. The van der Waals surface area contributed by atoms with E-state index in [1.165, 1.54) is 5.57 Å². The summed E-state index contributed by atoms with van der Waals surface area (Å²) in [6, 6.07) is 8.54. The minimum absolute atomic E-state index is 0.0876. The minimum atomic E-state index is -0.687. The molecule has 4 nitrogen and oxygen atoms in total. The van der Waals surface area contributed by atoms with Crippen LogP contribution in [0.5, 0.6) is 0 Å². The van der Waals surface area contributed by atoms with Gasteiger partial charge in [-0.25, -0.2) is 0 Å². The van der Waals surface area contributed by atoms with E-state index in [2.05, 4.69) is 36.1 Å². The lowest BCUT2D eigenvalue weighted by Crippen LogP contribution is -2.60. The number of allylic oxidation sites excluding steroid dienone is 1. The van der Waals surface area contributed by atoms with Gasteiger partial charge in [0.1, 0.15) is 5.78 Å². The van der Waals surface area contributed by atoms with E-state index in [9.17, 15) is 14.7 Å². The molecule has 4 aliphatic rings. The Balaban J connectivity index is 1.66. The number of rotatable bonds is 2. The van der Waals surface area contributed by atoms with Crippen LogP contribution < -0.4 is 4.90 Å². The average Bonchev–Trinajstić information content (AvgIpc) is 3.05. The van der Waals surface area contributed by atoms with Gasteiger partial charge in [0.2, 0.25) is 0 Å². The largest absolute Gasteiger partial charge is 0.391 e. The Bertz CT molecular complexity index is 948. The summed E-state index contributed by atoms with van der Waals surface area (Å²) in [4.78, 5) is 27.4. The normalized spacial score (nSPS) is 41.8. The van der Waals surface area contributed by atoms with Crippen molar-refractivity contribution in [2.75, 3.05) is 19.0 Å². The van der Waals surface area contributed by atoms with Gasteiger partial charge in [0.25, 0.3) is 0 Å². The first-order chi connectivity index (χ1) is 14.7. The maximum atomic E-state index is 13.1. The lowest BCUT2D eigenvalue weighted by atomic mass is 9.43. The Morgan fingerprint density at radius 2 is 1.71 bits per heavy atom. The van der Waals surface area contributed by atoms with Crippen molar-refractivity contribution in [3.8, 4) is 0 Å². The molecular formula is C27H35NO3. The fraction of sp³-hybridized carbons (Fsp3) is 0.630. The number of Topliss-reactive ketones (excluding diaryl/α,β-unsaturated/α-hetero) is 1. The van der Waals surface area contributed by atoms with E-state index in [0.29, 0.717) is 18.8 Å². The summed E-state index contributed by atoms with van der Waals surface area (Å²) in [6.45, 7) is 4.36. The number of benzene rings is 1. The smallest absolute Gasteiger partial charge is 0.155 e. The standard InChI is InChI=1S/C27H35NO3/c1-26-14-13-19(29)15-17(26)7-10-20-21-11-12-22(30)27(21,2)25(31)23(24(20)26)16-5-8-18(9-6-16)28(3)4/h5-6,8-9,15,20-21,23-25,31H,7,10-14H2,1-4H3/t20-,21-,23+,24+,25-,26-,27-/m0/s1. The van der Waals surface area contributed by atoms with Crippen molar-refractivity contribution in [1.82, 2.24) is 0 Å². The van der Waals surface area contributed by atoms with Crippen LogP contribution in [-0.2, 0) is 9.59 Å². The van der Waals surface area contributed by atoms with Gasteiger partial charge in [-0.15, -0.1) is 0 Å². The van der Waals surface area contributed by atoms with Crippen molar-refractivity contribution >= 4 is 17.3 Å². The van der Waals surface area contributed by atoms with Crippen LogP contribution in [0.1, 0.15) is 63.9 Å². The molecule has 3 saturated carbocycles. The molecule has 5 rings (SSSR count). The molecule has 0 aliphatic heterocycles. The molecule has 0 bridgehead atoms. The van der Waals surface area contributed by atoms with Crippen LogP contribution in [-0.4, -0.2) is 36.9 Å². The molecule has 0 spiro atoms. The lowest BCUT2D eigenvalue weighted by Gasteiger charge is -2.61. The zero-order valence-corrected chi connectivity index (χ0v) is 19.2. The van der Waals surface area contributed by atoms with Gasteiger partial charge in [-0.1, -0.05) is 24.6 Å². The molecule has 4 aliphatic carbocycles. The summed E-state index contributed by atoms with van der Waals surface area (Å²) < 4.78 is 0. The van der Waals surface area contributed by atoms with Crippen LogP contribution in [0.15, 0.2) is 35.9 Å². The first-order valence-electron chi connectivity index (χ1n) is 11.9. The number of carbonyl (C=O) groups is 2. The van der Waals surface area contributed by atoms with Gasteiger partial charge in [0.15, 0.2) is 5.78 Å². The molecule has 0 radical (unpaired) electrons. The zero-order valence-electron chi connectivity index (χ0n) is 19.2. The Labute approximate surface area is 185 Å². The van der Waals surface area contributed by atoms with Crippen LogP contribution in [0.25, 0.3) is 0 Å². The second-order valence-corrected chi connectivity index (χ2v) is 11.1. The predicted molar refractivity (Wildman–Crippen MR) is 122 cm³/mol. The first-order valence-corrected chi connectivity index (χ1v) is 11.9. The lowest BCUT2D eigenvalue weighted by molar-refractivity contribution is -0.157. The third-order valence-electron chi connectivity index (χ3n) is 9.61. The fourth-order valence-corrected chi connectivity index (χ4v) is 7.86. The Hall–Kier alpha value is -1.94. The van der Waals surface area contributed by atoms with Crippen LogP contribution in [0.2, 0.25) is 0 Å². The second-order valence-electron chi connectivity index (χ2n) is 11.1. The molecule has 0 saturated heterocycles. The summed E-state index contributed by atoms with van der Waals surface area (Å²) in [5.41, 5.74) is 2.79. The SMILES string of the molecule is CN(C)c1ccc([C@@H]2[C@H]3[C@@H](CCC4=CC(=O)CC[C@@]43C)[C@@H]3CCC(=O)[C@@]3(C)[C@H]2O)cc1. The predicted octanol–water partition coefficient (Wildman–Crippen LogP) is 4.52. The minimum Gasteiger partial charge on any atom is -0.391 e. The zero-order chi connectivity index (χ0) is 22.1. The van der Waals surface area contributed by atoms with Crippen molar-refractivity contribution in [2.45, 2.75) is 64.4 Å². The summed E-state index contributed by atoms with van der Waals surface area (Å²) in [5.74, 6) is 1.30. The van der Waals surface area contributed by atoms with Crippen LogP contribution >= 0.6 is 0 Å². The molecule has 0 unspecified atom stereocenters. The molecule has 4 heteroatoms. The van der Waals surface area contributed by atoms with Crippen molar-refractivity contribution in [1.29, 1.82) is 0 Å². The number of fused-ring (bicyclic) bond motifs is 5. The molecule has 1 aromatic carbocycles. The summed E-state index contributed by atoms with van der Waals surface area (Å²) in [7, 11) is 4.06. The highest BCUT2D eigenvalue weighted by Crippen LogP contribution is 2.68. The highest BCUT2D eigenvalue weighted by Gasteiger charge is 2.66. The maximum absolute atomic E-state index is 13.1. The van der Waals surface area contributed by atoms with Gasteiger partial charge in [-0.2, -0.15) is 0 Å². The fourth-order valence-electron chi connectivity index (χ4n) is 7.86. The van der Waals surface area contributed by atoms with Gasteiger partial charge in [-0.05, 0) is 79.5 Å². The number of hydrogen-bond donors (Lipinski definition) is 1. The van der Waals surface area contributed by atoms with Gasteiger partial charge >= 0.3 is 0 Å². The Morgan fingerprint density at radius 1 is 1.00 bits per heavy atom. The molecule has 166 valence electrons. The summed E-state index contributed by atoms with van der Waals surface area (Å²) >= 11 is 0. The number of nitrogens with zero attached hydrogens (tertiary/aromatic N) is 1. The van der Waals surface area contributed by atoms with E-state index < -0.39 is 11.5 Å². The monoisotopic (exact) mass is 421 g/mol. The third-order valence-corrected chi connectivity index (χ3v) is 9.61. The number of ketones is 2. The number of aliphatic hydroxyl groups is 1. The van der Waals surface area contributed by atoms with Crippen molar-refractivity contribution in [3.05, 3.63) is 41.5 Å². The molecule has 1 N–H and O–H groups in total. The van der Waals surface area contributed by atoms with E-state index in [4.69, 9.17) is 0 Å². The van der Waals surface area contributed by atoms with E-state index in [-0.39, 0.29) is 34.7 Å². The molecule has 0 aromatic heterocycles. The molecule has 0 heterocycles. The van der Waals surface area contributed by atoms with Crippen molar-refractivity contribution < 1.29 is 14.7 Å². The van der Waals surface area contributed by atoms with Gasteiger partial charge in [0, 0.05) is 38.5 Å². The number of aliphatic hydroxyl groups excluding tert-OH is 1. The number of carbonyl (C=O) groups excluding carboxylic acids is 2. The third kappa shape index (κ3) is 2.83. The van der Waals surface area contributed by atoms with Crippen LogP contribution in [0, 0.1) is 28.6 Å². The van der Waals surface area contributed by atoms with Gasteiger partial charge in [0.05, 0.1) is 11.5 Å². The van der Waals surface area contributed by atoms with Crippen LogP contribution in [0.4, 0.5) is 5.69 Å². The number of hydrogen-bond acceptors (Lipinski definition) is 4.